The van der Waals surface area contributed by atoms with Crippen LogP contribution in [0, 0.1) is 32.0 Å². The van der Waals surface area contributed by atoms with E-state index in [9.17, 15) is 0 Å². The Labute approximate surface area is 545 Å². The fraction of sp³-hybridized carbons (Fsp3) is 0.231. The average molecular weight is 1300 g/mol. The van der Waals surface area contributed by atoms with Gasteiger partial charge in [-0.3, -0.25) is 17.7 Å². The van der Waals surface area contributed by atoms with Crippen molar-refractivity contribution in [2.75, 3.05) is 14.7 Å². The van der Waals surface area contributed by atoms with Gasteiger partial charge in [-0.1, -0.05) is 197 Å². The first kappa shape index (κ1) is 60.0. The summed E-state index contributed by atoms with van der Waals surface area (Å²) in [5.74, 6) is 0. The molecule has 0 saturated carbocycles. The van der Waals surface area contributed by atoms with Crippen molar-refractivity contribution in [2.24, 2.45) is 0 Å². The van der Waals surface area contributed by atoms with Gasteiger partial charge in [-0.2, -0.15) is 23.8 Å². The molecule has 0 fully saturated rings. The number of fused-ring (bicyclic) bond motifs is 7. The number of para-hydroxylation sites is 3. The number of nitrogens with zero attached hydrogens (tertiary/aromatic N) is 3. The molecule has 1 aromatic heterocycles. The summed E-state index contributed by atoms with van der Waals surface area (Å²) >= 11 is 0. The molecule has 11 aromatic rings. The summed E-state index contributed by atoms with van der Waals surface area (Å²) in [7, 11) is 0. The maximum absolute atomic E-state index is 6.71. The van der Waals surface area contributed by atoms with Gasteiger partial charge < -0.3 is 31.2 Å². The summed E-state index contributed by atoms with van der Waals surface area (Å²) in [4.78, 5) is 7.52. The van der Waals surface area contributed by atoms with E-state index in [1.807, 2.05) is 0 Å². The Hall–Kier alpha value is -6.69. The van der Waals surface area contributed by atoms with Crippen molar-refractivity contribution in [3.63, 3.8) is 0 Å². The number of furan rings is 1. The third kappa shape index (κ3) is 10.6. The smallest absolute Gasteiger partial charge is 0.455 e. The van der Waals surface area contributed by atoms with Crippen molar-refractivity contribution in [1.29, 1.82) is 0 Å². The standard InChI is InChI=1S/C78H73BN3O.2Cd/c1-49-42-52(60-29-23-30-62-61-28-21-22-31-71(61)83-74(60)62)43-50(2)73(49)82-68-48-59(80(57-26-19-16-20-27-57)66-40-34-54(76(6,7)8)44-63(66)51-24-17-15-18-25-51)38-39-64(68)79-65-45-55(77(9,10)11)35-41-67(65)81(58-36-32-53(33-37-58)75(3,4)5)69-46-56(78(12,13)14)47-70(82)72(69)79;;/h15-35,38-40,42-48H,1-14H3;;/q-3;;+2. The Morgan fingerprint density at radius 3 is 1.68 bits per heavy atom. The minimum Gasteiger partial charge on any atom is -0.455 e. The van der Waals surface area contributed by atoms with Crippen molar-refractivity contribution in [3.05, 3.63) is 240 Å². The molecule has 414 valence electrons. The molecule has 2 aliphatic rings. The molecule has 7 heteroatoms. The van der Waals surface area contributed by atoms with Crippen LogP contribution in [0.5, 0.6) is 0 Å². The van der Waals surface area contributed by atoms with E-state index in [-0.39, 0.29) is 83.0 Å². The first-order chi connectivity index (χ1) is 39.5. The first-order valence-electron chi connectivity index (χ1n) is 29.5. The quantitative estimate of drug-likeness (QED) is 0.117. The van der Waals surface area contributed by atoms with Crippen LogP contribution < -0.4 is 31.1 Å². The Kier molecular flexibility index (Phi) is 15.7. The van der Waals surface area contributed by atoms with Crippen molar-refractivity contribution in [1.82, 2.24) is 0 Å². The molecule has 4 nitrogen and oxygen atoms in total. The SMILES string of the molecule is Cc1cc(-c2cccc3c2oc2ccccc23)cc(C)c1N1c2cc(N(c3ccccc3)c3ccc(C(C)(C)C)cc3-c3ccccc3)ccc2B2c3cc(C(C)(C)C)c[c-]c3N(c3[c-]cc(C(C)(C)C)c[c-]3)c3cc(C(C)(C)C)cc1c32.[Cd+2].[Cd]. The number of aryl methyl sites for hydroxylation is 2. The Balaban J connectivity index is 0.00000376. The van der Waals surface area contributed by atoms with Gasteiger partial charge >= 0.3 is 27.3 Å². The van der Waals surface area contributed by atoms with Gasteiger partial charge in [0.15, 0.2) is 6.71 Å². The van der Waals surface area contributed by atoms with Crippen LogP contribution in [0.3, 0.4) is 0 Å². The summed E-state index contributed by atoms with van der Waals surface area (Å²) in [6, 6.07) is 81.5. The van der Waals surface area contributed by atoms with Crippen molar-refractivity contribution in [2.45, 2.75) is 119 Å². The van der Waals surface area contributed by atoms with Crippen LogP contribution in [0.1, 0.15) is 116 Å². The minimum absolute atomic E-state index is 0. The summed E-state index contributed by atoms with van der Waals surface area (Å²) in [6.45, 7) is 32.1. The predicted molar refractivity (Wildman–Crippen MR) is 354 cm³/mol. The van der Waals surface area contributed by atoms with E-state index in [2.05, 4.69) is 318 Å². The average Bonchev–Trinajstić information content (AvgIpc) is 1.20. The van der Waals surface area contributed by atoms with E-state index in [0.717, 1.165) is 95.4 Å². The van der Waals surface area contributed by atoms with E-state index >= 15 is 0 Å². The van der Waals surface area contributed by atoms with E-state index in [4.69, 9.17) is 4.42 Å². The van der Waals surface area contributed by atoms with Crippen LogP contribution in [0.2, 0.25) is 0 Å². The number of anilines is 9. The second-order valence-corrected chi connectivity index (χ2v) is 27.4. The zero-order valence-electron chi connectivity index (χ0n) is 52.1. The van der Waals surface area contributed by atoms with Gasteiger partial charge in [-0.05, 0) is 130 Å². The Morgan fingerprint density at radius 1 is 0.447 bits per heavy atom. The molecule has 85 heavy (non-hydrogen) atoms. The number of hydrogen-bond acceptors (Lipinski definition) is 4. The molecule has 0 bridgehead atoms. The van der Waals surface area contributed by atoms with Crippen LogP contribution in [0.15, 0.2) is 192 Å². The molecule has 0 amide bonds. The third-order valence-electron chi connectivity index (χ3n) is 17.4. The number of rotatable bonds is 7. The molecule has 3 heterocycles. The molecular formula is C78H73BCd2N3O-. The molecule has 0 atom stereocenters. The van der Waals surface area contributed by atoms with E-state index < -0.39 is 0 Å². The van der Waals surface area contributed by atoms with Gasteiger partial charge in [0.2, 0.25) is 0 Å². The van der Waals surface area contributed by atoms with Crippen LogP contribution in [-0.2, 0) is 76.3 Å². The van der Waals surface area contributed by atoms with Gasteiger partial charge in [0.25, 0.3) is 0 Å². The summed E-state index contributed by atoms with van der Waals surface area (Å²) in [6.07, 6.45) is 0. The molecule has 13 rings (SSSR count). The van der Waals surface area contributed by atoms with Gasteiger partial charge in [-0.15, -0.1) is 10.9 Å². The maximum Gasteiger partial charge on any atom is 2.00 e. The number of hydrogen-bond donors (Lipinski definition) is 0. The first-order valence-corrected chi connectivity index (χ1v) is 29.5. The summed E-state index contributed by atoms with van der Waals surface area (Å²) in [5, 5.41) is 2.25. The molecule has 0 saturated heterocycles. The largest absolute Gasteiger partial charge is 2.00 e. The normalized spacial score (nSPS) is 13.0. The van der Waals surface area contributed by atoms with Crippen LogP contribution in [0.4, 0.5) is 51.2 Å². The molecule has 0 radical (unpaired) electrons. The fourth-order valence-electron chi connectivity index (χ4n) is 12.8. The molecular weight excluding hydrogens is 1230 g/mol. The van der Waals surface area contributed by atoms with E-state index in [1.165, 1.54) is 49.8 Å². The second-order valence-electron chi connectivity index (χ2n) is 27.4. The topological polar surface area (TPSA) is 22.9 Å². The van der Waals surface area contributed by atoms with E-state index in [0.29, 0.717) is 0 Å². The second kappa shape index (κ2) is 22.2. The van der Waals surface area contributed by atoms with Gasteiger partial charge in [0.05, 0.1) is 11.4 Å². The van der Waals surface area contributed by atoms with Crippen LogP contribution in [0.25, 0.3) is 44.2 Å². The Bertz CT molecular complexity index is 4320. The third-order valence-corrected chi connectivity index (χ3v) is 17.4. The van der Waals surface area contributed by atoms with Gasteiger partial charge in [0, 0.05) is 77.6 Å². The van der Waals surface area contributed by atoms with Gasteiger partial charge in [0.1, 0.15) is 11.2 Å². The molecule has 0 aliphatic carbocycles. The molecule has 10 aromatic carbocycles. The number of benzene rings is 10. The zero-order valence-corrected chi connectivity index (χ0v) is 60.2. The van der Waals surface area contributed by atoms with Gasteiger partial charge in [-0.25, -0.2) is 5.69 Å². The zero-order chi connectivity index (χ0) is 58.1. The minimum atomic E-state index is -0.222. The maximum atomic E-state index is 6.71. The molecule has 2 aliphatic heterocycles. The predicted octanol–water partition coefficient (Wildman–Crippen LogP) is 19.7. The van der Waals surface area contributed by atoms with Crippen molar-refractivity contribution < 1.29 is 59.0 Å². The molecule has 0 spiro atoms. The van der Waals surface area contributed by atoms with E-state index in [1.54, 1.807) is 0 Å². The molecule has 0 unspecified atom stereocenters. The summed E-state index contributed by atoms with van der Waals surface area (Å²) < 4.78 is 6.71. The monoisotopic (exact) mass is 1310 g/mol. The van der Waals surface area contributed by atoms with Crippen molar-refractivity contribution in [3.8, 4) is 22.3 Å². The van der Waals surface area contributed by atoms with Crippen LogP contribution in [-0.4, -0.2) is 6.71 Å². The fourth-order valence-corrected chi connectivity index (χ4v) is 12.8. The summed E-state index contributed by atoms with van der Waals surface area (Å²) in [5.41, 5.74) is 26.6. The van der Waals surface area contributed by atoms with Crippen molar-refractivity contribution >= 4 is 96.2 Å². The molecule has 0 N–H and O–H groups in total. The Morgan fingerprint density at radius 2 is 1.04 bits per heavy atom. The van der Waals surface area contributed by atoms with Crippen LogP contribution >= 0.6 is 0 Å².